The van der Waals surface area contributed by atoms with Crippen molar-refractivity contribution in [3.63, 3.8) is 0 Å². The summed E-state index contributed by atoms with van der Waals surface area (Å²) in [4.78, 5) is 0. The van der Waals surface area contributed by atoms with Crippen LogP contribution in [0, 0.1) is 5.41 Å². The summed E-state index contributed by atoms with van der Waals surface area (Å²) in [6, 6.07) is 5.84. The zero-order valence-electron chi connectivity index (χ0n) is 11.3. The fourth-order valence-electron chi connectivity index (χ4n) is 1.80. The van der Waals surface area contributed by atoms with Gasteiger partial charge >= 0.3 is 0 Å². The van der Waals surface area contributed by atoms with Crippen molar-refractivity contribution in [3.05, 3.63) is 33.8 Å². The lowest BCUT2D eigenvalue weighted by Gasteiger charge is -2.23. The molecule has 18 heavy (non-hydrogen) atoms. The molecule has 0 bridgehead atoms. The summed E-state index contributed by atoms with van der Waals surface area (Å²) in [5.41, 5.74) is 4.27. The second kappa shape index (κ2) is 6.76. The highest BCUT2D eigenvalue weighted by Gasteiger charge is 2.16. The van der Waals surface area contributed by atoms with E-state index in [0.717, 1.165) is 24.8 Å². The summed E-state index contributed by atoms with van der Waals surface area (Å²) in [6.07, 6.45) is 2.97. The van der Waals surface area contributed by atoms with Crippen molar-refractivity contribution in [1.82, 2.24) is 5.43 Å². The molecule has 0 aliphatic rings. The van der Waals surface area contributed by atoms with Crippen LogP contribution in [0.25, 0.3) is 0 Å². The van der Waals surface area contributed by atoms with Gasteiger partial charge in [0.25, 0.3) is 0 Å². The van der Waals surface area contributed by atoms with Crippen LogP contribution in [0.3, 0.4) is 0 Å². The van der Waals surface area contributed by atoms with E-state index in [-0.39, 0.29) is 6.04 Å². The lowest BCUT2D eigenvalue weighted by molar-refractivity contribution is 0.330. The Morgan fingerprint density at radius 1 is 1.28 bits per heavy atom. The third-order valence-electron chi connectivity index (χ3n) is 2.96. The van der Waals surface area contributed by atoms with Gasteiger partial charge in [-0.15, -0.1) is 0 Å². The van der Waals surface area contributed by atoms with Crippen LogP contribution >= 0.6 is 23.2 Å². The van der Waals surface area contributed by atoms with E-state index in [2.05, 4.69) is 26.2 Å². The molecule has 4 heteroatoms. The van der Waals surface area contributed by atoms with Crippen LogP contribution in [0.1, 0.15) is 39.2 Å². The minimum Gasteiger partial charge on any atom is -0.271 e. The maximum atomic E-state index is 6.17. The molecule has 102 valence electrons. The zero-order valence-corrected chi connectivity index (χ0v) is 12.8. The number of rotatable bonds is 5. The Labute approximate surface area is 120 Å². The highest BCUT2D eigenvalue weighted by atomic mass is 35.5. The van der Waals surface area contributed by atoms with Crippen LogP contribution in [0.2, 0.25) is 10.0 Å². The number of nitrogens with one attached hydrogen (secondary N) is 1. The Morgan fingerprint density at radius 2 is 1.94 bits per heavy atom. The van der Waals surface area contributed by atoms with Crippen molar-refractivity contribution in [2.45, 2.75) is 46.1 Å². The maximum absolute atomic E-state index is 6.17. The van der Waals surface area contributed by atoms with Gasteiger partial charge in [-0.25, -0.2) is 0 Å². The summed E-state index contributed by atoms with van der Waals surface area (Å²) in [5.74, 6) is 5.61. The zero-order chi connectivity index (χ0) is 13.8. The molecule has 0 radical (unpaired) electrons. The molecule has 3 N–H and O–H groups in total. The first-order valence-corrected chi connectivity index (χ1v) is 6.97. The van der Waals surface area contributed by atoms with E-state index in [9.17, 15) is 0 Å². The molecule has 0 aliphatic carbocycles. The van der Waals surface area contributed by atoms with Gasteiger partial charge in [0.1, 0.15) is 0 Å². The normalized spacial score (nSPS) is 13.7. The van der Waals surface area contributed by atoms with Crippen molar-refractivity contribution in [1.29, 1.82) is 0 Å². The summed E-state index contributed by atoms with van der Waals surface area (Å²) in [6.45, 7) is 6.70. The molecule has 1 atom stereocenters. The first-order valence-electron chi connectivity index (χ1n) is 6.22. The fraction of sp³-hybridized carbons (Fsp3) is 0.571. The molecule has 1 rings (SSSR count). The topological polar surface area (TPSA) is 38.0 Å². The summed E-state index contributed by atoms with van der Waals surface area (Å²) in [5, 5.41) is 1.37. The Kier molecular flexibility index (Phi) is 5.93. The van der Waals surface area contributed by atoms with E-state index in [0.29, 0.717) is 15.5 Å². The molecular formula is C14H22Cl2N2. The number of hydrogen-bond donors (Lipinski definition) is 2. The Hall–Kier alpha value is -0.280. The van der Waals surface area contributed by atoms with Gasteiger partial charge in [-0.3, -0.25) is 11.3 Å². The third kappa shape index (κ3) is 5.57. The van der Waals surface area contributed by atoms with Gasteiger partial charge in [-0.05, 0) is 42.4 Å². The van der Waals surface area contributed by atoms with Gasteiger partial charge in [-0.2, -0.15) is 0 Å². The van der Waals surface area contributed by atoms with Crippen LogP contribution in [0.15, 0.2) is 18.2 Å². The van der Waals surface area contributed by atoms with Crippen molar-refractivity contribution in [3.8, 4) is 0 Å². The monoisotopic (exact) mass is 288 g/mol. The average Bonchev–Trinajstić information content (AvgIpc) is 2.25. The second-order valence-electron chi connectivity index (χ2n) is 5.90. The van der Waals surface area contributed by atoms with Crippen molar-refractivity contribution >= 4 is 23.2 Å². The highest BCUT2D eigenvalue weighted by molar-refractivity contribution is 6.35. The van der Waals surface area contributed by atoms with E-state index < -0.39 is 0 Å². The Balaban J connectivity index is 2.62. The van der Waals surface area contributed by atoms with Gasteiger partial charge in [0.15, 0.2) is 0 Å². The predicted octanol–water partition coefficient (Wildman–Crippen LogP) is 4.19. The summed E-state index contributed by atoms with van der Waals surface area (Å²) >= 11 is 12.1. The Morgan fingerprint density at radius 3 is 2.44 bits per heavy atom. The van der Waals surface area contributed by atoms with Gasteiger partial charge in [-0.1, -0.05) is 50.0 Å². The molecule has 0 saturated heterocycles. The number of benzene rings is 1. The van der Waals surface area contributed by atoms with E-state index in [1.54, 1.807) is 6.07 Å². The second-order valence-corrected chi connectivity index (χ2v) is 6.75. The van der Waals surface area contributed by atoms with E-state index in [1.165, 1.54) is 0 Å². The first kappa shape index (κ1) is 15.8. The van der Waals surface area contributed by atoms with Crippen molar-refractivity contribution in [2.24, 2.45) is 11.3 Å². The van der Waals surface area contributed by atoms with Crippen LogP contribution in [0.5, 0.6) is 0 Å². The average molecular weight is 289 g/mol. The van der Waals surface area contributed by atoms with Gasteiger partial charge < -0.3 is 0 Å². The molecule has 0 heterocycles. The SMILES string of the molecule is CC(C)(C)CCC(Cc1ccc(Cl)cc1Cl)NN. The molecular weight excluding hydrogens is 267 g/mol. The number of hydrogen-bond acceptors (Lipinski definition) is 2. The molecule has 0 aliphatic heterocycles. The van der Waals surface area contributed by atoms with Crippen LogP contribution in [-0.4, -0.2) is 6.04 Å². The van der Waals surface area contributed by atoms with E-state index in [4.69, 9.17) is 29.0 Å². The van der Waals surface area contributed by atoms with Gasteiger partial charge in [0, 0.05) is 16.1 Å². The molecule has 1 unspecified atom stereocenters. The third-order valence-corrected chi connectivity index (χ3v) is 3.55. The standard InChI is InChI=1S/C14H22Cl2N2/c1-14(2,3)7-6-12(18-17)8-10-4-5-11(15)9-13(10)16/h4-5,9,12,18H,6-8,17H2,1-3H3. The first-order chi connectivity index (χ1) is 8.31. The lowest BCUT2D eigenvalue weighted by Crippen LogP contribution is -2.37. The van der Waals surface area contributed by atoms with Crippen LogP contribution in [0.4, 0.5) is 0 Å². The maximum Gasteiger partial charge on any atom is 0.0453 e. The molecule has 0 fully saturated rings. The fourth-order valence-corrected chi connectivity index (χ4v) is 2.29. The molecule has 0 amide bonds. The van der Waals surface area contributed by atoms with Crippen molar-refractivity contribution < 1.29 is 0 Å². The van der Waals surface area contributed by atoms with Crippen LogP contribution in [-0.2, 0) is 6.42 Å². The van der Waals surface area contributed by atoms with Gasteiger partial charge in [0.2, 0.25) is 0 Å². The number of hydrazine groups is 1. The predicted molar refractivity (Wildman–Crippen MR) is 80.0 cm³/mol. The molecule has 0 spiro atoms. The summed E-state index contributed by atoms with van der Waals surface area (Å²) < 4.78 is 0. The Bertz CT molecular complexity index is 386. The summed E-state index contributed by atoms with van der Waals surface area (Å²) in [7, 11) is 0. The highest BCUT2D eigenvalue weighted by Crippen LogP contribution is 2.25. The molecule has 1 aromatic rings. The molecule has 0 aromatic heterocycles. The van der Waals surface area contributed by atoms with E-state index in [1.807, 2.05) is 12.1 Å². The van der Waals surface area contributed by atoms with Crippen molar-refractivity contribution in [2.75, 3.05) is 0 Å². The lowest BCUT2D eigenvalue weighted by atomic mass is 9.87. The molecule has 1 aromatic carbocycles. The minimum absolute atomic E-state index is 0.239. The molecule has 0 saturated carbocycles. The quantitative estimate of drug-likeness (QED) is 0.630. The molecule has 2 nitrogen and oxygen atoms in total. The number of nitrogens with two attached hydrogens (primary N) is 1. The minimum atomic E-state index is 0.239. The van der Waals surface area contributed by atoms with Crippen LogP contribution < -0.4 is 11.3 Å². The number of halogens is 2. The van der Waals surface area contributed by atoms with E-state index >= 15 is 0 Å². The largest absolute Gasteiger partial charge is 0.271 e. The smallest absolute Gasteiger partial charge is 0.0453 e. The van der Waals surface area contributed by atoms with Gasteiger partial charge in [0.05, 0.1) is 0 Å².